The maximum Gasteiger partial charge on any atom is 0.230 e. The van der Waals surface area contributed by atoms with Crippen molar-refractivity contribution in [1.29, 1.82) is 0 Å². The van der Waals surface area contributed by atoms with E-state index in [0.29, 0.717) is 25.6 Å². The molecule has 2 aliphatic rings. The topological polar surface area (TPSA) is 99.7 Å². The summed E-state index contributed by atoms with van der Waals surface area (Å²) in [7, 11) is 0. The van der Waals surface area contributed by atoms with E-state index in [1.165, 1.54) is 0 Å². The third kappa shape index (κ3) is 2.87. The number of carbonyl (C=O) groups is 1. The molecule has 8 nitrogen and oxygen atoms in total. The second kappa shape index (κ2) is 6.13. The number of carbonyl (C=O) groups excluding carboxylic acids is 1. The molecule has 2 aromatic heterocycles. The molecule has 0 aromatic carbocycles. The highest BCUT2D eigenvalue weighted by Gasteiger charge is 2.26. The SMILES string of the molecule is O=C(Nc1cn[nH]c1C1CCNC1)C1CNCc2nccn2C1. The maximum atomic E-state index is 12.7. The number of aromatic amines is 1. The molecule has 122 valence electrons. The van der Waals surface area contributed by atoms with Gasteiger partial charge in [0.05, 0.1) is 30.0 Å². The summed E-state index contributed by atoms with van der Waals surface area (Å²) in [6.07, 6.45) is 6.47. The van der Waals surface area contributed by atoms with Crippen LogP contribution < -0.4 is 16.0 Å². The van der Waals surface area contributed by atoms with E-state index < -0.39 is 0 Å². The van der Waals surface area contributed by atoms with Crippen molar-refractivity contribution in [2.45, 2.75) is 25.4 Å². The second-order valence-electron chi connectivity index (χ2n) is 6.20. The first-order chi connectivity index (χ1) is 11.3. The molecule has 0 bridgehead atoms. The van der Waals surface area contributed by atoms with Crippen molar-refractivity contribution in [2.24, 2.45) is 5.92 Å². The molecule has 0 radical (unpaired) electrons. The number of amides is 1. The molecule has 0 aliphatic carbocycles. The molecule has 1 fully saturated rings. The van der Waals surface area contributed by atoms with Gasteiger partial charge in [0, 0.05) is 37.9 Å². The molecule has 2 atom stereocenters. The van der Waals surface area contributed by atoms with Crippen molar-refractivity contribution >= 4 is 11.6 Å². The largest absolute Gasteiger partial charge is 0.333 e. The fourth-order valence-corrected chi connectivity index (χ4v) is 3.35. The van der Waals surface area contributed by atoms with Crippen molar-refractivity contribution in [3.05, 3.63) is 30.1 Å². The van der Waals surface area contributed by atoms with Crippen LogP contribution in [0.1, 0.15) is 23.9 Å². The van der Waals surface area contributed by atoms with Gasteiger partial charge < -0.3 is 20.5 Å². The fourth-order valence-electron chi connectivity index (χ4n) is 3.35. The molecular formula is C15H21N7O. The van der Waals surface area contributed by atoms with E-state index in [4.69, 9.17) is 0 Å². The van der Waals surface area contributed by atoms with Gasteiger partial charge in [0.25, 0.3) is 0 Å². The summed E-state index contributed by atoms with van der Waals surface area (Å²) in [5.41, 5.74) is 1.83. The molecule has 1 amide bonds. The predicted molar refractivity (Wildman–Crippen MR) is 84.9 cm³/mol. The molecule has 8 heteroatoms. The Labute approximate surface area is 134 Å². The Kier molecular flexibility index (Phi) is 3.84. The van der Waals surface area contributed by atoms with Crippen LogP contribution in [0.4, 0.5) is 5.69 Å². The number of imidazole rings is 1. The van der Waals surface area contributed by atoms with Gasteiger partial charge in [-0.1, -0.05) is 0 Å². The van der Waals surface area contributed by atoms with Crippen LogP contribution in [0.5, 0.6) is 0 Å². The normalized spacial score (nSPS) is 24.2. The van der Waals surface area contributed by atoms with Gasteiger partial charge in [0.2, 0.25) is 5.91 Å². The van der Waals surface area contributed by atoms with Crippen LogP contribution in [0.25, 0.3) is 0 Å². The summed E-state index contributed by atoms with van der Waals surface area (Å²) in [5.74, 6) is 1.25. The zero-order chi connectivity index (χ0) is 15.6. The Morgan fingerprint density at radius 3 is 3.17 bits per heavy atom. The lowest BCUT2D eigenvalue weighted by molar-refractivity contribution is -0.120. The molecule has 0 saturated carbocycles. The van der Waals surface area contributed by atoms with Crippen molar-refractivity contribution in [1.82, 2.24) is 30.4 Å². The van der Waals surface area contributed by atoms with Crippen LogP contribution in [-0.4, -0.2) is 45.3 Å². The van der Waals surface area contributed by atoms with E-state index in [9.17, 15) is 4.79 Å². The van der Waals surface area contributed by atoms with E-state index >= 15 is 0 Å². The van der Waals surface area contributed by atoms with E-state index in [-0.39, 0.29) is 11.8 Å². The van der Waals surface area contributed by atoms with E-state index in [1.807, 2.05) is 10.8 Å². The van der Waals surface area contributed by atoms with Crippen LogP contribution in [-0.2, 0) is 17.9 Å². The van der Waals surface area contributed by atoms with Crippen LogP contribution >= 0.6 is 0 Å². The van der Waals surface area contributed by atoms with Gasteiger partial charge in [-0.2, -0.15) is 5.10 Å². The van der Waals surface area contributed by atoms with Crippen molar-refractivity contribution in [3.8, 4) is 0 Å². The number of hydrogen-bond acceptors (Lipinski definition) is 5. The predicted octanol–water partition coefficient (Wildman–Crippen LogP) is 0.0412. The van der Waals surface area contributed by atoms with Crippen LogP contribution in [0.2, 0.25) is 0 Å². The average Bonchev–Trinajstić information content (AvgIpc) is 3.27. The van der Waals surface area contributed by atoms with Crippen LogP contribution in [0.3, 0.4) is 0 Å². The Morgan fingerprint density at radius 2 is 2.30 bits per heavy atom. The summed E-state index contributed by atoms with van der Waals surface area (Å²) < 4.78 is 2.04. The molecule has 0 spiro atoms. The number of aromatic nitrogens is 4. The number of hydrogen-bond donors (Lipinski definition) is 4. The van der Waals surface area contributed by atoms with Gasteiger partial charge in [0.15, 0.2) is 0 Å². The first-order valence-corrected chi connectivity index (χ1v) is 8.07. The zero-order valence-electron chi connectivity index (χ0n) is 12.9. The highest BCUT2D eigenvalue weighted by Crippen LogP contribution is 2.27. The summed E-state index contributed by atoms with van der Waals surface area (Å²) in [6, 6.07) is 0. The number of nitrogens with one attached hydrogen (secondary N) is 4. The highest BCUT2D eigenvalue weighted by atomic mass is 16.2. The third-order valence-electron chi connectivity index (χ3n) is 4.66. The Balaban J connectivity index is 1.47. The molecule has 4 rings (SSSR count). The van der Waals surface area contributed by atoms with Gasteiger partial charge in [-0.25, -0.2) is 4.98 Å². The minimum absolute atomic E-state index is 0.0210. The van der Waals surface area contributed by atoms with Gasteiger partial charge in [0.1, 0.15) is 5.82 Å². The van der Waals surface area contributed by atoms with Crippen molar-refractivity contribution in [3.63, 3.8) is 0 Å². The maximum absolute atomic E-state index is 12.7. The quantitative estimate of drug-likeness (QED) is 0.641. The third-order valence-corrected chi connectivity index (χ3v) is 4.66. The highest BCUT2D eigenvalue weighted by molar-refractivity contribution is 5.93. The zero-order valence-corrected chi connectivity index (χ0v) is 12.9. The number of fused-ring (bicyclic) bond motifs is 1. The summed E-state index contributed by atoms with van der Waals surface area (Å²) in [5, 5.41) is 16.8. The Bertz CT molecular complexity index is 686. The average molecular weight is 315 g/mol. The van der Waals surface area contributed by atoms with Crippen LogP contribution in [0.15, 0.2) is 18.6 Å². The number of nitrogens with zero attached hydrogens (tertiary/aromatic N) is 3. The van der Waals surface area contributed by atoms with Gasteiger partial charge in [-0.05, 0) is 13.0 Å². The molecule has 4 heterocycles. The molecular weight excluding hydrogens is 294 g/mol. The lowest BCUT2D eigenvalue weighted by Gasteiger charge is -2.16. The molecule has 1 saturated heterocycles. The fraction of sp³-hybridized carbons (Fsp3) is 0.533. The number of anilines is 1. The molecule has 23 heavy (non-hydrogen) atoms. The number of rotatable bonds is 3. The standard InChI is InChI=1S/C15H21N7O/c23-15(11-6-17-8-13-18-3-4-22(13)9-11)20-12-7-19-21-14(12)10-1-2-16-5-10/h3-4,7,10-11,16-17H,1-2,5-6,8-9H2,(H,19,21)(H,20,23). The second-order valence-corrected chi connectivity index (χ2v) is 6.20. The first kappa shape index (κ1) is 14.4. The summed E-state index contributed by atoms with van der Waals surface area (Å²) in [4.78, 5) is 17.0. The lowest BCUT2D eigenvalue weighted by Crippen LogP contribution is -2.32. The smallest absolute Gasteiger partial charge is 0.230 e. The number of H-pyrrole nitrogens is 1. The van der Waals surface area contributed by atoms with Gasteiger partial charge in [-0.15, -0.1) is 0 Å². The summed E-state index contributed by atoms with van der Waals surface area (Å²) in [6.45, 7) is 3.92. The first-order valence-electron chi connectivity index (χ1n) is 8.07. The lowest BCUT2D eigenvalue weighted by atomic mass is 10.0. The summed E-state index contributed by atoms with van der Waals surface area (Å²) >= 11 is 0. The molecule has 2 aliphatic heterocycles. The van der Waals surface area contributed by atoms with E-state index in [2.05, 4.69) is 31.1 Å². The molecule has 4 N–H and O–H groups in total. The van der Waals surface area contributed by atoms with Crippen molar-refractivity contribution in [2.75, 3.05) is 25.0 Å². The minimum atomic E-state index is -0.130. The monoisotopic (exact) mass is 315 g/mol. The van der Waals surface area contributed by atoms with Crippen molar-refractivity contribution < 1.29 is 4.79 Å². The van der Waals surface area contributed by atoms with Crippen LogP contribution in [0, 0.1) is 5.92 Å². The molecule has 2 aromatic rings. The molecule has 2 unspecified atom stereocenters. The van der Waals surface area contributed by atoms with Gasteiger partial charge >= 0.3 is 0 Å². The van der Waals surface area contributed by atoms with E-state index in [0.717, 1.165) is 36.7 Å². The Hall–Kier alpha value is -2.19. The van der Waals surface area contributed by atoms with Gasteiger partial charge in [-0.3, -0.25) is 9.89 Å². The minimum Gasteiger partial charge on any atom is -0.333 e. The van der Waals surface area contributed by atoms with E-state index in [1.54, 1.807) is 12.4 Å². The Morgan fingerprint density at radius 1 is 1.35 bits per heavy atom.